The second kappa shape index (κ2) is 6.28. The first kappa shape index (κ1) is 14.6. The lowest BCUT2D eigenvalue weighted by molar-refractivity contribution is 0.166. The van der Waals surface area contributed by atoms with E-state index in [9.17, 15) is 5.11 Å². The van der Waals surface area contributed by atoms with Gasteiger partial charge >= 0.3 is 0 Å². The summed E-state index contributed by atoms with van der Waals surface area (Å²) in [6.07, 6.45) is 10.5. The summed E-state index contributed by atoms with van der Waals surface area (Å²) >= 11 is 0. The van der Waals surface area contributed by atoms with Crippen molar-refractivity contribution in [2.45, 2.75) is 50.8 Å². The topological polar surface area (TPSA) is 75.9 Å². The van der Waals surface area contributed by atoms with E-state index >= 15 is 0 Å². The van der Waals surface area contributed by atoms with Gasteiger partial charge in [0, 0.05) is 30.7 Å². The van der Waals surface area contributed by atoms with Crippen LogP contribution in [0, 0.1) is 11.8 Å². The van der Waals surface area contributed by atoms with Crippen LogP contribution < -0.4 is 5.32 Å². The largest absolute Gasteiger partial charge is 0.391 e. The smallest absolute Gasteiger partial charge is 0.129 e. The van der Waals surface area contributed by atoms with E-state index in [1.807, 2.05) is 23.0 Å². The van der Waals surface area contributed by atoms with Crippen LogP contribution in [0.4, 0.5) is 5.82 Å². The third kappa shape index (κ3) is 3.69. The zero-order valence-electron chi connectivity index (χ0n) is 13.2. The van der Waals surface area contributed by atoms with Crippen LogP contribution >= 0.6 is 0 Å². The highest BCUT2D eigenvalue weighted by Gasteiger charge is 2.33. The molecule has 23 heavy (non-hydrogen) atoms. The molecule has 1 unspecified atom stereocenters. The maximum Gasteiger partial charge on any atom is 0.129 e. The van der Waals surface area contributed by atoms with Crippen molar-refractivity contribution in [2.24, 2.45) is 11.8 Å². The van der Waals surface area contributed by atoms with E-state index in [4.69, 9.17) is 0 Å². The SMILES string of the molecule is O[C@@H]1CC(Cn2cccn2)C[C@H]1Nc1cc(CC2CC2)ncn1. The summed E-state index contributed by atoms with van der Waals surface area (Å²) < 4.78 is 1.94. The van der Waals surface area contributed by atoms with E-state index in [1.165, 1.54) is 12.8 Å². The highest BCUT2D eigenvalue weighted by molar-refractivity contribution is 5.37. The zero-order chi connectivity index (χ0) is 15.6. The maximum atomic E-state index is 10.3. The van der Waals surface area contributed by atoms with Gasteiger partial charge in [-0.3, -0.25) is 4.68 Å². The van der Waals surface area contributed by atoms with Crippen LogP contribution in [0.15, 0.2) is 30.9 Å². The van der Waals surface area contributed by atoms with Crippen molar-refractivity contribution in [3.05, 3.63) is 36.5 Å². The Morgan fingerprint density at radius 3 is 2.91 bits per heavy atom. The molecule has 2 aromatic rings. The predicted molar refractivity (Wildman–Crippen MR) is 86.8 cm³/mol. The number of rotatable bonds is 6. The second-order valence-corrected chi connectivity index (χ2v) is 6.93. The molecule has 0 amide bonds. The van der Waals surface area contributed by atoms with Gasteiger partial charge in [-0.15, -0.1) is 0 Å². The van der Waals surface area contributed by atoms with E-state index < -0.39 is 0 Å². The fourth-order valence-corrected chi connectivity index (χ4v) is 3.49. The minimum atomic E-state index is -0.336. The summed E-state index contributed by atoms with van der Waals surface area (Å²) in [4.78, 5) is 8.67. The third-order valence-corrected chi connectivity index (χ3v) is 4.88. The first-order valence-electron chi connectivity index (χ1n) is 8.49. The van der Waals surface area contributed by atoms with Gasteiger partial charge in [-0.25, -0.2) is 9.97 Å². The van der Waals surface area contributed by atoms with Crippen molar-refractivity contribution in [1.29, 1.82) is 0 Å². The lowest BCUT2D eigenvalue weighted by Crippen LogP contribution is -2.28. The third-order valence-electron chi connectivity index (χ3n) is 4.88. The molecule has 2 saturated carbocycles. The Kier molecular flexibility index (Phi) is 3.99. The van der Waals surface area contributed by atoms with Crippen LogP contribution in [-0.2, 0) is 13.0 Å². The van der Waals surface area contributed by atoms with Crippen LogP contribution in [0.2, 0.25) is 0 Å². The minimum absolute atomic E-state index is 0.0548. The van der Waals surface area contributed by atoms with Crippen LogP contribution in [0.5, 0.6) is 0 Å². The van der Waals surface area contributed by atoms with Gasteiger partial charge in [0.05, 0.1) is 12.1 Å². The Hall–Kier alpha value is -1.95. The molecule has 6 heteroatoms. The second-order valence-electron chi connectivity index (χ2n) is 6.93. The van der Waals surface area contributed by atoms with Crippen LogP contribution in [-0.4, -0.2) is 37.0 Å². The van der Waals surface area contributed by atoms with Crippen LogP contribution in [0.25, 0.3) is 0 Å². The molecule has 6 nitrogen and oxygen atoms in total. The number of anilines is 1. The molecule has 2 aliphatic carbocycles. The molecular formula is C17H23N5O. The number of aromatic nitrogens is 4. The number of nitrogens with zero attached hydrogens (tertiary/aromatic N) is 4. The molecule has 3 atom stereocenters. The van der Waals surface area contributed by atoms with Gasteiger partial charge < -0.3 is 10.4 Å². The van der Waals surface area contributed by atoms with E-state index in [-0.39, 0.29) is 12.1 Å². The average molecular weight is 313 g/mol. The van der Waals surface area contributed by atoms with Gasteiger partial charge in [0.25, 0.3) is 0 Å². The van der Waals surface area contributed by atoms with Gasteiger partial charge in [0.1, 0.15) is 12.1 Å². The van der Waals surface area contributed by atoms with Gasteiger partial charge in [0.15, 0.2) is 0 Å². The monoisotopic (exact) mass is 313 g/mol. The molecule has 0 radical (unpaired) electrons. The maximum absolute atomic E-state index is 10.3. The summed E-state index contributed by atoms with van der Waals surface area (Å²) in [6.45, 7) is 0.860. The van der Waals surface area contributed by atoms with Crippen molar-refractivity contribution in [2.75, 3.05) is 5.32 Å². The van der Waals surface area contributed by atoms with Crippen molar-refractivity contribution in [3.63, 3.8) is 0 Å². The molecule has 2 N–H and O–H groups in total. The summed E-state index contributed by atoms with van der Waals surface area (Å²) in [5.41, 5.74) is 1.10. The lowest BCUT2D eigenvalue weighted by atomic mass is 10.1. The van der Waals surface area contributed by atoms with Crippen molar-refractivity contribution >= 4 is 5.82 Å². The molecule has 0 bridgehead atoms. The summed E-state index contributed by atoms with van der Waals surface area (Å²) in [5.74, 6) is 2.09. The molecular weight excluding hydrogens is 290 g/mol. The minimum Gasteiger partial charge on any atom is -0.391 e. The predicted octanol–water partition coefficient (Wildman–Crippen LogP) is 1.88. The normalized spacial score (nSPS) is 27.3. The standard InChI is InChI=1S/C17H23N5O/c23-16-8-13(10-22-5-1-4-20-22)7-15(16)21-17-9-14(18-11-19-17)6-12-2-3-12/h1,4-5,9,11-13,15-16,23H,2-3,6-8,10H2,(H,18,19,21)/t13?,15-,16-/m1/s1. The molecule has 0 aliphatic heterocycles. The molecule has 2 aliphatic rings. The van der Waals surface area contributed by atoms with Crippen molar-refractivity contribution < 1.29 is 5.11 Å². The molecule has 0 aromatic carbocycles. The highest BCUT2D eigenvalue weighted by atomic mass is 16.3. The van der Waals surface area contributed by atoms with E-state index in [2.05, 4.69) is 20.4 Å². The number of hydrogen-bond donors (Lipinski definition) is 2. The Morgan fingerprint density at radius 1 is 1.22 bits per heavy atom. The quantitative estimate of drug-likeness (QED) is 0.851. The zero-order valence-corrected chi connectivity index (χ0v) is 13.2. The van der Waals surface area contributed by atoms with Gasteiger partial charge in [-0.05, 0) is 50.0 Å². The molecule has 2 aromatic heterocycles. The van der Waals surface area contributed by atoms with E-state index in [0.29, 0.717) is 5.92 Å². The van der Waals surface area contributed by atoms with E-state index in [0.717, 1.165) is 43.2 Å². The first-order valence-corrected chi connectivity index (χ1v) is 8.49. The molecule has 0 saturated heterocycles. The molecule has 2 heterocycles. The Balaban J connectivity index is 1.36. The highest BCUT2D eigenvalue weighted by Crippen LogP contribution is 2.33. The summed E-state index contributed by atoms with van der Waals surface area (Å²) in [6, 6.07) is 4.02. The molecule has 122 valence electrons. The number of aliphatic hydroxyl groups excluding tert-OH is 1. The number of hydrogen-bond acceptors (Lipinski definition) is 5. The van der Waals surface area contributed by atoms with Crippen molar-refractivity contribution in [1.82, 2.24) is 19.7 Å². The van der Waals surface area contributed by atoms with Crippen LogP contribution in [0.1, 0.15) is 31.4 Å². The van der Waals surface area contributed by atoms with Crippen molar-refractivity contribution in [3.8, 4) is 0 Å². The van der Waals surface area contributed by atoms with E-state index in [1.54, 1.807) is 12.5 Å². The lowest BCUT2D eigenvalue weighted by Gasteiger charge is -2.17. The summed E-state index contributed by atoms with van der Waals surface area (Å²) in [5, 5.41) is 18.0. The number of aliphatic hydroxyl groups is 1. The molecule has 4 rings (SSSR count). The Morgan fingerprint density at radius 2 is 2.13 bits per heavy atom. The molecule has 0 spiro atoms. The van der Waals surface area contributed by atoms with Gasteiger partial charge in [0.2, 0.25) is 0 Å². The fraction of sp³-hybridized carbons (Fsp3) is 0.588. The number of nitrogens with one attached hydrogen (secondary N) is 1. The Bertz CT molecular complexity index is 640. The average Bonchev–Trinajstić information content (AvgIpc) is 3.07. The first-order chi connectivity index (χ1) is 11.3. The van der Waals surface area contributed by atoms with Gasteiger partial charge in [-0.1, -0.05) is 0 Å². The molecule has 2 fully saturated rings. The van der Waals surface area contributed by atoms with Gasteiger partial charge in [-0.2, -0.15) is 5.10 Å². The van der Waals surface area contributed by atoms with Crippen LogP contribution in [0.3, 0.4) is 0 Å². The fourth-order valence-electron chi connectivity index (χ4n) is 3.49. The Labute approximate surface area is 136 Å². The summed E-state index contributed by atoms with van der Waals surface area (Å²) in [7, 11) is 0.